The molecule has 1 aliphatic heterocycles. The van der Waals surface area contributed by atoms with Crippen LogP contribution in [0.25, 0.3) is 11.1 Å². The number of carbonyl (C=O) groups excluding carboxylic acids is 2. The maximum Gasteiger partial charge on any atom is 0.306 e. The number of furan rings is 1. The molecule has 1 unspecified atom stereocenters. The van der Waals surface area contributed by atoms with E-state index in [1.165, 1.54) is 6.26 Å². The van der Waals surface area contributed by atoms with E-state index in [1.807, 2.05) is 36.4 Å². The van der Waals surface area contributed by atoms with E-state index < -0.39 is 17.9 Å². The van der Waals surface area contributed by atoms with Crippen molar-refractivity contribution in [1.29, 1.82) is 0 Å². The van der Waals surface area contributed by atoms with E-state index in [0.29, 0.717) is 17.1 Å². The summed E-state index contributed by atoms with van der Waals surface area (Å²) in [5, 5.41) is 0. The summed E-state index contributed by atoms with van der Waals surface area (Å²) < 4.78 is 16.4. The molecule has 0 saturated carbocycles. The Morgan fingerprint density at radius 2 is 1.63 bits per heavy atom. The number of para-hydroxylation sites is 2. The zero-order valence-electron chi connectivity index (χ0n) is 14.2. The van der Waals surface area contributed by atoms with Gasteiger partial charge >= 0.3 is 5.91 Å². The van der Waals surface area contributed by atoms with Crippen molar-refractivity contribution in [3.05, 3.63) is 72.7 Å². The van der Waals surface area contributed by atoms with Gasteiger partial charge in [0.15, 0.2) is 11.5 Å². The Bertz CT molecular complexity index is 967. The van der Waals surface area contributed by atoms with Gasteiger partial charge < -0.3 is 13.9 Å². The molecular weight excluding hydrogens is 348 g/mol. The minimum absolute atomic E-state index is 0.0503. The molecule has 0 bridgehead atoms. The second-order valence-electron chi connectivity index (χ2n) is 5.84. The molecule has 0 aliphatic carbocycles. The molecule has 2 heterocycles. The van der Waals surface area contributed by atoms with Crippen LogP contribution in [0.15, 0.2) is 71.3 Å². The van der Waals surface area contributed by atoms with Gasteiger partial charge in [-0.25, -0.2) is 0 Å². The lowest BCUT2D eigenvalue weighted by atomic mass is 10.1. The molecule has 136 valence electrons. The summed E-state index contributed by atoms with van der Waals surface area (Å²) in [6.07, 6.45) is 0.555. The first kappa shape index (κ1) is 16.7. The average molecular weight is 364 g/mol. The van der Waals surface area contributed by atoms with Gasteiger partial charge in [-0.1, -0.05) is 42.5 Å². The van der Waals surface area contributed by atoms with Gasteiger partial charge in [0.25, 0.3) is 5.91 Å². The summed E-state index contributed by atoms with van der Waals surface area (Å²) in [7, 11) is 0. The smallest absolute Gasteiger partial charge is 0.306 e. The zero-order valence-corrected chi connectivity index (χ0v) is 14.2. The molecular formula is C20H16N2O5. The van der Waals surface area contributed by atoms with Crippen LogP contribution in [0.3, 0.4) is 0 Å². The number of carbonyl (C=O) groups is 2. The van der Waals surface area contributed by atoms with E-state index in [2.05, 4.69) is 10.9 Å². The predicted octanol–water partition coefficient (Wildman–Crippen LogP) is 2.55. The van der Waals surface area contributed by atoms with E-state index in [0.717, 1.165) is 5.56 Å². The average Bonchev–Trinajstić information content (AvgIpc) is 3.22. The van der Waals surface area contributed by atoms with Gasteiger partial charge in [-0.2, -0.15) is 0 Å². The lowest BCUT2D eigenvalue weighted by Crippen LogP contribution is -2.50. The highest BCUT2D eigenvalue weighted by Gasteiger charge is 2.28. The highest BCUT2D eigenvalue weighted by molar-refractivity contribution is 5.99. The molecule has 0 fully saturated rings. The van der Waals surface area contributed by atoms with E-state index in [9.17, 15) is 9.59 Å². The normalized spacial score (nSPS) is 15.0. The van der Waals surface area contributed by atoms with Crippen molar-refractivity contribution >= 4 is 11.8 Å². The monoisotopic (exact) mass is 364 g/mol. The predicted molar refractivity (Wildman–Crippen MR) is 96.1 cm³/mol. The van der Waals surface area contributed by atoms with E-state index in [1.54, 1.807) is 24.3 Å². The van der Waals surface area contributed by atoms with Crippen molar-refractivity contribution in [3.8, 4) is 22.6 Å². The van der Waals surface area contributed by atoms with Crippen molar-refractivity contribution in [2.75, 3.05) is 6.61 Å². The first-order valence-corrected chi connectivity index (χ1v) is 8.34. The minimum atomic E-state index is -0.870. The molecule has 7 nitrogen and oxygen atoms in total. The van der Waals surface area contributed by atoms with Gasteiger partial charge in [0.05, 0.1) is 6.26 Å². The van der Waals surface area contributed by atoms with Crippen molar-refractivity contribution < 1.29 is 23.5 Å². The van der Waals surface area contributed by atoms with Crippen LogP contribution in [0.2, 0.25) is 0 Å². The number of rotatable bonds is 3. The molecule has 0 radical (unpaired) electrons. The number of hydrogen-bond acceptors (Lipinski definition) is 5. The summed E-state index contributed by atoms with van der Waals surface area (Å²) in [6.45, 7) is 0.0503. The number of ether oxygens (including phenoxy) is 2. The molecule has 2 N–H and O–H groups in total. The van der Waals surface area contributed by atoms with Gasteiger partial charge in [-0.05, 0) is 23.8 Å². The topological polar surface area (TPSA) is 89.8 Å². The van der Waals surface area contributed by atoms with Crippen LogP contribution in [0, 0.1) is 0 Å². The molecule has 27 heavy (non-hydrogen) atoms. The molecule has 2 aromatic carbocycles. The number of fused-ring (bicyclic) bond motifs is 1. The molecule has 1 aliphatic rings. The van der Waals surface area contributed by atoms with E-state index >= 15 is 0 Å². The zero-order chi connectivity index (χ0) is 18.6. The van der Waals surface area contributed by atoms with Crippen molar-refractivity contribution in [1.82, 2.24) is 10.9 Å². The van der Waals surface area contributed by atoms with Gasteiger partial charge in [-0.3, -0.25) is 20.4 Å². The molecule has 3 aromatic rings. The first-order chi connectivity index (χ1) is 13.2. The minimum Gasteiger partial charge on any atom is -0.485 e. The summed E-state index contributed by atoms with van der Waals surface area (Å²) in [6, 6.07) is 18.1. The third-order valence-corrected chi connectivity index (χ3v) is 4.06. The molecule has 7 heteroatoms. The molecule has 2 amide bonds. The van der Waals surface area contributed by atoms with E-state index in [4.69, 9.17) is 13.9 Å². The quantitative estimate of drug-likeness (QED) is 0.697. The maximum atomic E-state index is 12.4. The number of hydrazine groups is 1. The van der Waals surface area contributed by atoms with Crippen LogP contribution < -0.4 is 20.3 Å². The van der Waals surface area contributed by atoms with Gasteiger partial charge in [0, 0.05) is 5.56 Å². The van der Waals surface area contributed by atoms with Crippen LogP contribution in [0.5, 0.6) is 11.5 Å². The van der Waals surface area contributed by atoms with Crippen molar-refractivity contribution in [3.63, 3.8) is 0 Å². The van der Waals surface area contributed by atoms with Gasteiger partial charge in [0.2, 0.25) is 11.9 Å². The second kappa shape index (κ2) is 7.25. The van der Waals surface area contributed by atoms with Gasteiger partial charge in [0.1, 0.15) is 6.61 Å². The fraction of sp³-hybridized carbons (Fsp3) is 0.100. The Morgan fingerprint density at radius 3 is 2.44 bits per heavy atom. The highest BCUT2D eigenvalue weighted by atomic mass is 16.6. The summed E-state index contributed by atoms with van der Waals surface area (Å²) in [5.41, 5.74) is 6.16. The first-order valence-electron chi connectivity index (χ1n) is 8.34. The molecule has 1 aromatic heterocycles. The number of nitrogens with one attached hydrogen (secondary N) is 2. The molecule has 0 spiro atoms. The lowest BCUT2D eigenvalue weighted by Gasteiger charge is -2.25. The van der Waals surface area contributed by atoms with Crippen LogP contribution in [-0.4, -0.2) is 24.5 Å². The summed E-state index contributed by atoms with van der Waals surface area (Å²) in [5.74, 6) is 0.0731. The Hall–Kier alpha value is -3.74. The number of amides is 2. The van der Waals surface area contributed by atoms with Crippen molar-refractivity contribution in [2.24, 2.45) is 0 Å². The van der Waals surface area contributed by atoms with Crippen LogP contribution >= 0.6 is 0 Å². The molecule has 1 atom stereocenters. The molecule has 0 saturated heterocycles. The number of benzene rings is 2. The Balaban J connectivity index is 1.39. The SMILES string of the molecule is O=C(NNC(=O)C1COc2ccccc2O1)c1occc1-c1ccccc1. The second-order valence-corrected chi connectivity index (χ2v) is 5.84. The van der Waals surface area contributed by atoms with Crippen LogP contribution in [0.1, 0.15) is 10.6 Å². The summed E-state index contributed by atoms with van der Waals surface area (Å²) >= 11 is 0. The van der Waals surface area contributed by atoms with Crippen LogP contribution in [0.4, 0.5) is 0 Å². The Morgan fingerprint density at radius 1 is 0.889 bits per heavy atom. The standard InChI is InChI=1S/C20H16N2O5/c23-19(17-12-26-15-8-4-5-9-16(15)27-17)21-22-20(24)18-14(10-11-25-18)13-6-2-1-3-7-13/h1-11,17H,12H2,(H,21,23)(H,22,24). The fourth-order valence-electron chi connectivity index (χ4n) is 2.73. The maximum absolute atomic E-state index is 12.4. The Labute approximate surface area is 154 Å². The third-order valence-electron chi connectivity index (χ3n) is 4.06. The van der Waals surface area contributed by atoms with Gasteiger partial charge in [-0.15, -0.1) is 0 Å². The molecule has 4 rings (SSSR count). The Kier molecular flexibility index (Phi) is 4.49. The highest BCUT2D eigenvalue weighted by Crippen LogP contribution is 2.30. The fourth-order valence-corrected chi connectivity index (χ4v) is 2.73. The van der Waals surface area contributed by atoms with E-state index in [-0.39, 0.29) is 12.4 Å². The lowest BCUT2D eigenvalue weighted by molar-refractivity contribution is -0.131. The largest absolute Gasteiger partial charge is 0.485 e. The van der Waals surface area contributed by atoms with Crippen LogP contribution in [-0.2, 0) is 4.79 Å². The summed E-state index contributed by atoms with van der Waals surface area (Å²) in [4.78, 5) is 24.7. The van der Waals surface area contributed by atoms with Crippen molar-refractivity contribution in [2.45, 2.75) is 6.10 Å². The number of hydrogen-bond donors (Lipinski definition) is 2. The third kappa shape index (κ3) is 3.48.